The number of ether oxygens (including phenoxy) is 1. The highest BCUT2D eigenvalue weighted by atomic mass is 16.5. The average Bonchev–Trinajstić information content (AvgIpc) is 3.39. The summed E-state index contributed by atoms with van der Waals surface area (Å²) in [4.78, 5) is 9.93. The summed E-state index contributed by atoms with van der Waals surface area (Å²) in [6.45, 7) is 9.80. The van der Waals surface area contributed by atoms with Gasteiger partial charge in [0.15, 0.2) is 5.65 Å². The van der Waals surface area contributed by atoms with Gasteiger partial charge in [-0.15, -0.1) is 0 Å². The lowest BCUT2D eigenvalue weighted by Gasteiger charge is -2.27. The molecule has 6 rings (SSSR count). The van der Waals surface area contributed by atoms with Gasteiger partial charge in [-0.2, -0.15) is 5.10 Å². The van der Waals surface area contributed by atoms with E-state index in [1.54, 1.807) is 0 Å². The molecular weight excluding hydrogens is 500 g/mol. The number of hydrogen-bond acceptors (Lipinski definition) is 6. The molecule has 8 heteroatoms. The molecule has 0 amide bonds. The maximum absolute atomic E-state index is 6.01. The van der Waals surface area contributed by atoms with Gasteiger partial charge in [0.2, 0.25) is 0 Å². The van der Waals surface area contributed by atoms with Crippen molar-refractivity contribution in [2.24, 2.45) is 0 Å². The fraction of sp³-hybridized carbons (Fsp3) is 0.438. The molecule has 2 aliphatic heterocycles. The molecule has 2 fully saturated rings. The van der Waals surface area contributed by atoms with E-state index in [9.17, 15) is 0 Å². The van der Waals surface area contributed by atoms with E-state index in [2.05, 4.69) is 70.5 Å². The summed E-state index contributed by atoms with van der Waals surface area (Å²) < 4.78 is 7.91. The summed E-state index contributed by atoms with van der Waals surface area (Å²) in [5.41, 5.74) is 8.06. The summed E-state index contributed by atoms with van der Waals surface area (Å²) in [5, 5.41) is 4.67. The predicted molar refractivity (Wildman–Crippen MR) is 162 cm³/mol. The molecule has 0 radical (unpaired) electrons. The van der Waals surface area contributed by atoms with Gasteiger partial charge in [-0.05, 0) is 99.2 Å². The van der Waals surface area contributed by atoms with Crippen LogP contribution in [-0.4, -0.2) is 69.2 Å². The van der Waals surface area contributed by atoms with Crippen molar-refractivity contribution in [3.05, 3.63) is 72.2 Å². The van der Waals surface area contributed by atoms with Crippen molar-refractivity contribution in [2.45, 2.75) is 52.0 Å². The molecule has 5 N–H and O–H groups in total. The van der Waals surface area contributed by atoms with Gasteiger partial charge in [-0.1, -0.05) is 37.1 Å². The van der Waals surface area contributed by atoms with Crippen LogP contribution < -0.4 is 10.9 Å². The number of benzene rings is 2. The quantitative estimate of drug-likeness (QED) is 0.311. The minimum Gasteiger partial charge on any atom is -0.492 e. The van der Waals surface area contributed by atoms with Crippen LogP contribution in [-0.2, 0) is 6.54 Å². The maximum Gasteiger partial charge on any atom is 0.162 e. The number of aromatic nitrogens is 3. The van der Waals surface area contributed by atoms with Gasteiger partial charge in [0, 0.05) is 36.6 Å². The van der Waals surface area contributed by atoms with E-state index in [1.165, 1.54) is 81.4 Å². The zero-order chi connectivity index (χ0) is 25.7. The molecule has 40 heavy (non-hydrogen) atoms. The molecule has 0 unspecified atom stereocenters. The lowest BCUT2D eigenvalue weighted by molar-refractivity contribution is 0.183. The van der Waals surface area contributed by atoms with Gasteiger partial charge >= 0.3 is 0 Å². The van der Waals surface area contributed by atoms with Crippen molar-refractivity contribution in [3.63, 3.8) is 0 Å². The molecule has 0 aliphatic carbocycles. The van der Waals surface area contributed by atoms with E-state index in [-0.39, 0.29) is 11.6 Å². The molecule has 2 aromatic carbocycles. The van der Waals surface area contributed by atoms with Crippen LogP contribution in [0, 0.1) is 6.92 Å². The Morgan fingerprint density at radius 2 is 1.45 bits per heavy atom. The third-order valence-electron chi connectivity index (χ3n) is 8.17. The van der Waals surface area contributed by atoms with Crippen LogP contribution >= 0.6 is 0 Å². The summed E-state index contributed by atoms with van der Waals surface area (Å²) in [5.74, 6) is 0.918. The standard InChI is InChI=1S/C32H39N5O.H3N.H2O/c1-25-8-9-27(20-28(25)23-36-16-6-3-7-17-36)31-22-34-37-24-29(21-33-32(31)37)26-10-12-30(13-11-26)38-19-18-35-14-4-2-5-15-35;;/h8-13,20-22,24H,2-7,14-19,23H2,1H3;1H3;1H2. The second-order valence-electron chi connectivity index (χ2n) is 10.9. The Morgan fingerprint density at radius 3 is 2.17 bits per heavy atom. The van der Waals surface area contributed by atoms with Gasteiger partial charge in [0.1, 0.15) is 12.4 Å². The van der Waals surface area contributed by atoms with Crippen LogP contribution in [0.5, 0.6) is 5.75 Å². The van der Waals surface area contributed by atoms with E-state index in [0.29, 0.717) is 0 Å². The molecule has 4 heterocycles. The van der Waals surface area contributed by atoms with Crippen molar-refractivity contribution in [2.75, 3.05) is 39.3 Å². The molecule has 214 valence electrons. The smallest absolute Gasteiger partial charge is 0.162 e. The Balaban J connectivity index is 0.00000185. The molecule has 2 saturated heterocycles. The highest BCUT2D eigenvalue weighted by Crippen LogP contribution is 2.29. The minimum absolute atomic E-state index is 0. The first-order valence-corrected chi connectivity index (χ1v) is 14.3. The molecule has 0 spiro atoms. The Bertz CT molecular complexity index is 1360. The Morgan fingerprint density at radius 1 is 0.775 bits per heavy atom. The third kappa shape index (κ3) is 6.88. The first kappa shape index (κ1) is 29.7. The monoisotopic (exact) mass is 544 g/mol. The average molecular weight is 545 g/mol. The fourth-order valence-electron chi connectivity index (χ4n) is 5.81. The fourth-order valence-corrected chi connectivity index (χ4v) is 5.81. The van der Waals surface area contributed by atoms with E-state index in [1.807, 2.05) is 16.9 Å². The molecule has 8 nitrogen and oxygen atoms in total. The van der Waals surface area contributed by atoms with Crippen LogP contribution in [0.25, 0.3) is 27.9 Å². The predicted octanol–water partition coefficient (Wildman–Crippen LogP) is 5.56. The Hall–Kier alpha value is -3.30. The van der Waals surface area contributed by atoms with Crippen LogP contribution in [0.2, 0.25) is 0 Å². The number of aryl methyl sites for hydroxylation is 1. The minimum atomic E-state index is 0. The van der Waals surface area contributed by atoms with Crippen molar-refractivity contribution in [3.8, 4) is 28.0 Å². The van der Waals surface area contributed by atoms with Crippen molar-refractivity contribution in [1.82, 2.24) is 30.5 Å². The van der Waals surface area contributed by atoms with Gasteiger partial charge in [-0.3, -0.25) is 9.80 Å². The van der Waals surface area contributed by atoms with Gasteiger partial charge in [-0.25, -0.2) is 9.50 Å². The summed E-state index contributed by atoms with van der Waals surface area (Å²) in [6.07, 6.45) is 14.0. The largest absolute Gasteiger partial charge is 0.492 e. The third-order valence-corrected chi connectivity index (χ3v) is 8.17. The molecule has 0 bridgehead atoms. The lowest BCUT2D eigenvalue weighted by atomic mass is 10.00. The number of piperidine rings is 2. The van der Waals surface area contributed by atoms with E-state index in [4.69, 9.17) is 9.72 Å². The van der Waals surface area contributed by atoms with E-state index < -0.39 is 0 Å². The maximum atomic E-state index is 6.01. The lowest BCUT2D eigenvalue weighted by Crippen LogP contribution is -2.33. The highest BCUT2D eigenvalue weighted by Gasteiger charge is 2.15. The topological polar surface area (TPSA) is 112 Å². The molecule has 2 aliphatic rings. The van der Waals surface area contributed by atoms with Crippen molar-refractivity contribution in [1.29, 1.82) is 0 Å². The van der Waals surface area contributed by atoms with Crippen molar-refractivity contribution < 1.29 is 10.2 Å². The van der Waals surface area contributed by atoms with Crippen LogP contribution in [0.15, 0.2) is 61.1 Å². The Kier molecular flexibility index (Phi) is 10.3. The zero-order valence-electron chi connectivity index (χ0n) is 23.8. The summed E-state index contributed by atoms with van der Waals surface area (Å²) >= 11 is 0. The second-order valence-corrected chi connectivity index (χ2v) is 10.9. The summed E-state index contributed by atoms with van der Waals surface area (Å²) in [6, 6.07) is 15.1. The molecule has 0 atom stereocenters. The van der Waals surface area contributed by atoms with Gasteiger partial charge in [0.25, 0.3) is 0 Å². The highest BCUT2D eigenvalue weighted by molar-refractivity contribution is 5.78. The van der Waals surface area contributed by atoms with Crippen LogP contribution in [0.3, 0.4) is 0 Å². The number of hydrogen-bond donors (Lipinski definition) is 1. The van der Waals surface area contributed by atoms with E-state index in [0.717, 1.165) is 47.8 Å². The SMILES string of the molecule is Cc1ccc(-c2cnn3cc(-c4ccc(OCCN5CCCCC5)cc4)cnc23)cc1CN1CCCCC1.N.O. The molecule has 2 aromatic heterocycles. The normalized spacial score (nSPS) is 16.3. The van der Waals surface area contributed by atoms with Gasteiger partial charge < -0.3 is 16.4 Å². The Labute approximate surface area is 237 Å². The first-order chi connectivity index (χ1) is 18.7. The number of fused-ring (bicyclic) bond motifs is 1. The van der Waals surface area contributed by atoms with Crippen LogP contribution in [0.1, 0.15) is 49.7 Å². The van der Waals surface area contributed by atoms with Gasteiger partial charge in [0.05, 0.1) is 6.20 Å². The molecular formula is C32H44N6O2. The van der Waals surface area contributed by atoms with Crippen LogP contribution in [0.4, 0.5) is 0 Å². The van der Waals surface area contributed by atoms with E-state index >= 15 is 0 Å². The number of likely N-dealkylation sites (tertiary alicyclic amines) is 2. The molecule has 0 saturated carbocycles. The van der Waals surface area contributed by atoms with Crippen molar-refractivity contribution >= 4 is 5.65 Å². The summed E-state index contributed by atoms with van der Waals surface area (Å²) in [7, 11) is 0. The zero-order valence-corrected chi connectivity index (χ0v) is 23.8. The number of nitrogens with zero attached hydrogens (tertiary/aromatic N) is 5. The molecule has 4 aromatic rings. The first-order valence-electron chi connectivity index (χ1n) is 14.3. The number of rotatable bonds is 8. The second kappa shape index (κ2) is 13.9.